The van der Waals surface area contributed by atoms with Crippen molar-refractivity contribution in [1.82, 2.24) is 5.32 Å². The summed E-state index contributed by atoms with van der Waals surface area (Å²) in [4.78, 5) is 0. The first-order chi connectivity index (χ1) is 8.69. The van der Waals surface area contributed by atoms with Gasteiger partial charge in [-0.25, -0.2) is 0 Å². The van der Waals surface area contributed by atoms with Crippen molar-refractivity contribution in [1.29, 1.82) is 0 Å². The van der Waals surface area contributed by atoms with Crippen molar-refractivity contribution in [3.8, 4) is 0 Å². The summed E-state index contributed by atoms with van der Waals surface area (Å²) < 4.78 is 5.43. The van der Waals surface area contributed by atoms with E-state index >= 15 is 0 Å². The fraction of sp³-hybridized carbons (Fsp3) is 0.333. The second kappa shape index (κ2) is 5.85. The first-order valence-electron chi connectivity index (χ1n) is 6.17. The monoisotopic (exact) mass is 245 g/mol. The molecule has 3 nitrogen and oxygen atoms in total. The molecule has 0 radical (unpaired) electrons. The number of aliphatic hydroxyl groups excluding tert-OH is 1. The molecule has 1 heterocycles. The lowest BCUT2D eigenvalue weighted by atomic mass is 10.1. The Morgan fingerprint density at radius 3 is 2.67 bits per heavy atom. The molecule has 2 N–H and O–H groups in total. The zero-order valence-corrected chi connectivity index (χ0v) is 10.8. The molecule has 18 heavy (non-hydrogen) atoms. The molecule has 0 aliphatic carbocycles. The van der Waals surface area contributed by atoms with E-state index in [0.29, 0.717) is 12.3 Å². The zero-order chi connectivity index (χ0) is 13.0. The van der Waals surface area contributed by atoms with Gasteiger partial charge in [-0.2, -0.15) is 0 Å². The zero-order valence-electron chi connectivity index (χ0n) is 10.8. The Labute approximate surface area is 107 Å². The van der Waals surface area contributed by atoms with Crippen molar-refractivity contribution < 1.29 is 9.52 Å². The number of aliphatic hydroxyl groups is 1. The highest BCUT2D eigenvalue weighted by atomic mass is 16.4. The summed E-state index contributed by atoms with van der Waals surface area (Å²) in [6, 6.07) is 12.4. The molecule has 0 fully saturated rings. The lowest BCUT2D eigenvalue weighted by molar-refractivity contribution is 0.242. The number of hydrogen-bond donors (Lipinski definition) is 2. The van der Waals surface area contributed by atoms with Gasteiger partial charge in [-0.3, -0.25) is 0 Å². The van der Waals surface area contributed by atoms with Crippen LogP contribution < -0.4 is 5.32 Å². The van der Waals surface area contributed by atoms with Crippen LogP contribution >= 0.6 is 0 Å². The van der Waals surface area contributed by atoms with Crippen LogP contribution in [0.3, 0.4) is 0 Å². The summed E-state index contributed by atoms with van der Waals surface area (Å²) in [5, 5.41) is 12.3. The smallest absolute Gasteiger partial charge is 0.129 e. The molecule has 0 aliphatic rings. The molecule has 0 saturated heterocycles. The average Bonchev–Trinajstić information content (AvgIpc) is 2.84. The molecule has 96 valence electrons. The summed E-state index contributed by atoms with van der Waals surface area (Å²) in [5.41, 5.74) is 2.53. The Hall–Kier alpha value is -1.58. The maximum absolute atomic E-state index is 8.92. The molecule has 3 heteroatoms. The second-order valence-electron chi connectivity index (χ2n) is 4.54. The van der Waals surface area contributed by atoms with Crippen LogP contribution in [0.4, 0.5) is 0 Å². The molecule has 0 spiro atoms. The van der Waals surface area contributed by atoms with Gasteiger partial charge in [0.25, 0.3) is 0 Å². The van der Waals surface area contributed by atoms with Crippen molar-refractivity contribution in [3.05, 3.63) is 59.0 Å². The van der Waals surface area contributed by atoms with Crippen LogP contribution in [0.25, 0.3) is 0 Å². The van der Waals surface area contributed by atoms with Crippen LogP contribution in [0, 0.1) is 6.92 Å². The SMILES string of the molecule is Cc1cccc([C@H](C)NCc2ccc(CO)o2)c1. The molecule has 2 aromatic rings. The topological polar surface area (TPSA) is 45.4 Å². The van der Waals surface area contributed by atoms with Crippen LogP contribution in [0.15, 0.2) is 40.8 Å². The second-order valence-corrected chi connectivity index (χ2v) is 4.54. The number of nitrogens with one attached hydrogen (secondary N) is 1. The maximum Gasteiger partial charge on any atom is 0.129 e. The van der Waals surface area contributed by atoms with Crippen molar-refractivity contribution in [2.24, 2.45) is 0 Å². The highest BCUT2D eigenvalue weighted by Gasteiger charge is 2.06. The Balaban J connectivity index is 1.93. The Morgan fingerprint density at radius 2 is 2.00 bits per heavy atom. The molecule has 1 atom stereocenters. The first-order valence-corrected chi connectivity index (χ1v) is 6.17. The molecule has 0 unspecified atom stereocenters. The van der Waals surface area contributed by atoms with Gasteiger partial charge in [-0.05, 0) is 31.5 Å². The summed E-state index contributed by atoms with van der Waals surface area (Å²) >= 11 is 0. The minimum atomic E-state index is -0.0482. The average molecular weight is 245 g/mol. The fourth-order valence-electron chi connectivity index (χ4n) is 1.91. The van der Waals surface area contributed by atoms with Gasteiger partial charge >= 0.3 is 0 Å². The lowest BCUT2D eigenvalue weighted by Crippen LogP contribution is -2.17. The first kappa shape index (κ1) is 12.9. The predicted molar refractivity (Wildman–Crippen MR) is 71.1 cm³/mol. The summed E-state index contributed by atoms with van der Waals surface area (Å²) in [5.74, 6) is 1.45. The van der Waals surface area contributed by atoms with Crippen LogP contribution in [-0.2, 0) is 13.2 Å². The van der Waals surface area contributed by atoms with E-state index in [1.54, 1.807) is 6.07 Å². The van der Waals surface area contributed by atoms with Crippen LogP contribution in [0.1, 0.15) is 35.6 Å². The van der Waals surface area contributed by atoms with E-state index in [2.05, 4.69) is 43.4 Å². The van der Waals surface area contributed by atoms with Gasteiger partial charge in [-0.15, -0.1) is 0 Å². The van der Waals surface area contributed by atoms with Crippen LogP contribution in [0.2, 0.25) is 0 Å². The Morgan fingerprint density at radius 1 is 1.22 bits per heavy atom. The number of hydrogen-bond acceptors (Lipinski definition) is 3. The van der Waals surface area contributed by atoms with Gasteiger partial charge in [0.2, 0.25) is 0 Å². The molecule has 2 rings (SSSR count). The van der Waals surface area contributed by atoms with Gasteiger partial charge in [0.15, 0.2) is 0 Å². The third-order valence-electron chi connectivity index (χ3n) is 3.00. The van der Waals surface area contributed by atoms with Crippen molar-refractivity contribution >= 4 is 0 Å². The molecule has 0 bridgehead atoms. The summed E-state index contributed by atoms with van der Waals surface area (Å²) in [6.45, 7) is 4.84. The molecule has 0 aliphatic heterocycles. The van der Waals surface area contributed by atoms with Gasteiger partial charge in [-0.1, -0.05) is 29.8 Å². The Kier molecular flexibility index (Phi) is 4.18. The van der Waals surface area contributed by atoms with Gasteiger partial charge < -0.3 is 14.8 Å². The van der Waals surface area contributed by atoms with Crippen molar-refractivity contribution in [2.75, 3.05) is 0 Å². The fourth-order valence-corrected chi connectivity index (χ4v) is 1.91. The summed E-state index contributed by atoms with van der Waals surface area (Å²) in [7, 11) is 0. The number of aryl methyl sites for hydroxylation is 1. The standard InChI is InChI=1S/C15H19NO2/c1-11-4-3-5-13(8-11)12(2)16-9-14-6-7-15(10-17)18-14/h3-8,12,16-17H,9-10H2,1-2H3/t12-/m0/s1. The van der Waals surface area contributed by atoms with E-state index in [4.69, 9.17) is 9.52 Å². The molecule has 0 amide bonds. The van der Waals surface area contributed by atoms with Gasteiger partial charge in [0.1, 0.15) is 18.1 Å². The minimum absolute atomic E-state index is 0.0482. The largest absolute Gasteiger partial charge is 0.462 e. The lowest BCUT2D eigenvalue weighted by Gasteiger charge is -2.13. The molecule has 1 aromatic carbocycles. The Bertz CT molecular complexity index is 505. The van der Waals surface area contributed by atoms with Crippen LogP contribution in [-0.4, -0.2) is 5.11 Å². The molecular weight excluding hydrogens is 226 g/mol. The molecule has 1 aromatic heterocycles. The number of benzene rings is 1. The van der Waals surface area contributed by atoms with E-state index in [1.807, 2.05) is 6.07 Å². The van der Waals surface area contributed by atoms with Gasteiger partial charge in [0.05, 0.1) is 6.54 Å². The van der Waals surface area contributed by atoms with Crippen molar-refractivity contribution in [3.63, 3.8) is 0 Å². The highest BCUT2D eigenvalue weighted by Crippen LogP contribution is 2.15. The molecule has 0 saturated carbocycles. The van der Waals surface area contributed by atoms with E-state index in [9.17, 15) is 0 Å². The summed E-state index contributed by atoms with van der Waals surface area (Å²) in [6.07, 6.45) is 0. The van der Waals surface area contributed by atoms with E-state index in [1.165, 1.54) is 11.1 Å². The van der Waals surface area contributed by atoms with Crippen LogP contribution in [0.5, 0.6) is 0 Å². The predicted octanol–water partition coefficient (Wildman–Crippen LogP) is 2.93. The third-order valence-corrected chi connectivity index (χ3v) is 3.00. The number of rotatable bonds is 5. The van der Waals surface area contributed by atoms with E-state index in [-0.39, 0.29) is 12.6 Å². The van der Waals surface area contributed by atoms with E-state index in [0.717, 1.165) is 5.76 Å². The highest BCUT2D eigenvalue weighted by molar-refractivity contribution is 5.24. The van der Waals surface area contributed by atoms with E-state index < -0.39 is 0 Å². The molecular formula is C15H19NO2. The van der Waals surface area contributed by atoms with Gasteiger partial charge in [0, 0.05) is 6.04 Å². The third kappa shape index (κ3) is 3.22. The maximum atomic E-state index is 8.92. The minimum Gasteiger partial charge on any atom is -0.462 e. The quantitative estimate of drug-likeness (QED) is 0.851. The normalized spacial score (nSPS) is 12.6. The van der Waals surface area contributed by atoms with Crippen molar-refractivity contribution in [2.45, 2.75) is 33.0 Å². The number of furan rings is 1.